The van der Waals surface area contributed by atoms with Gasteiger partial charge in [-0.3, -0.25) is 4.79 Å². The molecule has 114 valence electrons. The number of nitrogens with one attached hydrogen (secondary N) is 1. The molecule has 3 heteroatoms. The fraction of sp³-hybridized carbons (Fsp3) is 0.211. The van der Waals surface area contributed by atoms with Gasteiger partial charge in [-0.25, -0.2) is 0 Å². The molecule has 0 spiro atoms. The molecule has 1 N–H and O–H groups in total. The smallest absolute Gasteiger partial charge is 0.248 e. The summed E-state index contributed by atoms with van der Waals surface area (Å²) in [7, 11) is 0. The Balaban J connectivity index is 1.91. The highest BCUT2D eigenvalue weighted by Crippen LogP contribution is 2.17. The van der Waals surface area contributed by atoms with Gasteiger partial charge in [-0.15, -0.1) is 0 Å². The first-order valence-electron chi connectivity index (χ1n) is 7.55. The van der Waals surface area contributed by atoms with Gasteiger partial charge >= 0.3 is 0 Å². The van der Waals surface area contributed by atoms with Gasteiger partial charge in [-0.2, -0.15) is 0 Å². The molecule has 0 heterocycles. The van der Waals surface area contributed by atoms with Gasteiger partial charge in [0.25, 0.3) is 0 Å². The third kappa shape index (κ3) is 5.44. The molecule has 2 aromatic rings. The van der Waals surface area contributed by atoms with Crippen LogP contribution in [0.25, 0.3) is 6.08 Å². The lowest BCUT2D eigenvalue weighted by Crippen LogP contribution is -2.07. The quantitative estimate of drug-likeness (QED) is 0.602. The van der Waals surface area contributed by atoms with E-state index in [1.165, 1.54) is 6.08 Å². The topological polar surface area (TPSA) is 38.3 Å². The van der Waals surface area contributed by atoms with Crippen LogP contribution in [0.15, 0.2) is 60.7 Å². The average Bonchev–Trinajstić information content (AvgIpc) is 2.55. The molecule has 22 heavy (non-hydrogen) atoms. The van der Waals surface area contributed by atoms with Gasteiger partial charge in [0.15, 0.2) is 0 Å². The Morgan fingerprint density at radius 1 is 1.14 bits per heavy atom. The number of ether oxygens (including phenoxy) is 1. The van der Waals surface area contributed by atoms with Crippen molar-refractivity contribution in [3.8, 4) is 5.75 Å². The van der Waals surface area contributed by atoms with Gasteiger partial charge in [0.2, 0.25) is 5.91 Å². The molecule has 0 aliphatic heterocycles. The van der Waals surface area contributed by atoms with Crippen molar-refractivity contribution in [2.24, 2.45) is 0 Å². The highest BCUT2D eigenvalue weighted by Gasteiger charge is 2.00. The van der Waals surface area contributed by atoms with Crippen molar-refractivity contribution in [2.75, 3.05) is 11.9 Å². The molecule has 0 aromatic heterocycles. The van der Waals surface area contributed by atoms with Crippen LogP contribution < -0.4 is 10.1 Å². The van der Waals surface area contributed by atoms with Crippen molar-refractivity contribution in [2.45, 2.75) is 19.8 Å². The largest absolute Gasteiger partial charge is 0.494 e. The fourth-order valence-electron chi connectivity index (χ4n) is 1.92. The maximum Gasteiger partial charge on any atom is 0.248 e. The first-order valence-corrected chi connectivity index (χ1v) is 7.55. The van der Waals surface area contributed by atoms with Crippen molar-refractivity contribution in [3.63, 3.8) is 0 Å². The second kappa shape index (κ2) is 8.67. The molecule has 2 aromatic carbocycles. The monoisotopic (exact) mass is 295 g/mol. The van der Waals surface area contributed by atoms with E-state index in [0.717, 1.165) is 29.8 Å². The molecular weight excluding hydrogens is 274 g/mol. The highest BCUT2D eigenvalue weighted by atomic mass is 16.5. The SMILES string of the molecule is CCCCOc1cccc(NC(=O)/C=C/c2ccccc2)c1. The molecule has 0 unspecified atom stereocenters. The number of benzene rings is 2. The molecule has 0 aliphatic carbocycles. The Morgan fingerprint density at radius 2 is 1.95 bits per heavy atom. The van der Waals surface area contributed by atoms with Gasteiger partial charge in [0.05, 0.1) is 6.61 Å². The van der Waals surface area contributed by atoms with E-state index in [0.29, 0.717) is 6.61 Å². The molecule has 2 rings (SSSR count). The fourth-order valence-corrected chi connectivity index (χ4v) is 1.92. The van der Waals surface area contributed by atoms with Gasteiger partial charge < -0.3 is 10.1 Å². The van der Waals surface area contributed by atoms with Crippen LogP contribution in [-0.2, 0) is 4.79 Å². The van der Waals surface area contributed by atoms with E-state index in [1.807, 2.05) is 54.6 Å². The number of carbonyl (C=O) groups is 1. The van der Waals surface area contributed by atoms with Gasteiger partial charge in [-0.1, -0.05) is 49.7 Å². The molecule has 0 radical (unpaired) electrons. The molecule has 0 fully saturated rings. The van der Waals surface area contributed by atoms with Gasteiger partial charge in [0, 0.05) is 17.8 Å². The van der Waals surface area contributed by atoms with E-state index in [9.17, 15) is 4.79 Å². The summed E-state index contributed by atoms with van der Waals surface area (Å²) >= 11 is 0. The van der Waals surface area contributed by atoms with Crippen LogP contribution in [0.4, 0.5) is 5.69 Å². The lowest BCUT2D eigenvalue weighted by atomic mass is 10.2. The van der Waals surface area contributed by atoms with Gasteiger partial charge in [0.1, 0.15) is 5.75 Å². The molecule has 1 amide bonds. The number of hydrogen-bond donors (Lipinski definition) is 1. The van der Waals surface area contributed by atoms with Crippen LogP contribution in [0.1, 0.15) is 25.3 Å². The minimum atomic E-state index is -0.158. The number of unbranched alkanes of at least 4 members (excludes halogenated alkanes) is 1. The van der Waals surface area contributed by atoms with Crippen LogP contribution in [0.3, 0.4) is 0 Å². The van der Waals surface area contributed by atoms with E-state index >= 15 is 0 Å². The zero-order chi connectivity index (χ0) is 15.6. The number of hydrogen-bond acceptors (Lipinski definition) is 2. The third-order valence-electron chi connectivity index (χ3n) is 3.09. The molecule has 3 nitrogen and oxygen atoms in total. The normalized spacial score (nSPS) is 10.6. The van der Waals surface area contributed by atoms with E-state index < -0.39 is 0 Å². The summed E-state index contributed by atoms with van der Waals surface area (Å²) in [5.74, 6) is 0.618. The van der Waals surface area contributed by atoms with Crippen molar-refractivity contribution >= 4 is 17.7 Å². The van der Waals surface area contributed by atoms with E-state index in [-0.39, 0.29) is 5.91 Å². The summed E-state index contributed by atoms with van der Waals surface area (Å²) in [5.41, 5.74) is 1.73. The standard InChI is InChI=1S/C19H21NO2/c1-2-3-14-22-18-11-7-10-17(15-18)20-19(21)13-12-16-8-5-4-6-9-16/h4-13,15H,2-3,14H2,1H3,(H,20,21)/b13-12+. The predicted octanol–water partition coefficient (Wildman–Crippen LogP) is 4.52. The molecule has 0 saturated heterocycles. The Labute approximate surface area is 131 Å². The van der Waals surface area contributed by atoms with E-state index in [2.05, 4.69) is 12.2 Å². The van der Waals surface area contributed by atoms with Gasteiger partial charge in [-0.05, 0) is 30.2 Å². The first kappa shape index (κ1) is 15.8. The maximum atomic E-state index is 11.9. The van der Waals surface area contributed by atoms with E-state index in [1.54, 1.807) is 6.08 Å². The summed E-state index contributed by atoms with van der Waals surface area (Å²) in [6.45, 7) is 2.82. The van der Waals surface area contributed by atoms with Crippen LogP contribution in [0, 0.1) is 0 Å². The predicted molar refractivity (Wildman–Crippen MR) is 91.0 cm³/mol. The molecule has 0 aliphatic rings. The van der Waals surface area contributed by atoms with Crippen LogP contribution >= 0.6 is 0 Å². The van der Waals surface area contributed by atoms with Crippen molar-refractivity contribution in [3.05, 3.63) is 66.2 Å². The minimum absolute atomic E-state index is 0.158. The Kier molecular flexibility index (Phi) is 6.24. The summed E-state index contributed by atoms with van der Waals surface area (Å²) in [6.07, 6.45) is 5.44. The number of anilines is 1. The molecule has 0 saturated carbocycles. The van der Waals surface area contributed by atoms with Crippen LogP contribution in [0.2, 0.25) is 0 Å². The number of rotatable bonds is 7. The molecule has 0 bridgehead atoms. The number of amides is 1. The zero-order valence-corrected chi connectivity index (χ0v) is 12.8. The Hall–Kier alpha value is -2.55. The van der Waals surface area contributed by atoms with E-state index in [4.69, 9.17) is 4.74 Å². The maximum absolute atomic E-state index is 11.9. The zero-order valence-electron chi connectivity index (χ0n) is 12.8. The lowest BCUT2D eigenvalue weighted by molar-refractivity contribution is -0.111. The first-order chi connectivity index (χ1) is 10.8. The van der Waals surface area contributed by atoms with Crippen LogP contribution in [0.5, 0.6) is 5.75 Å². The second-order valence-corrected chi connectivity index (χ2v) is 4.96. The second-order valence-electron chi connectivity index (χ2n) is 4.96. The molecule has 0 atom stereocenters. The van der Waals surface area contributed by atoms with Crippen molar-refractivity contribution < 1.29 is 9.53 Å². The lowest BCUT2D eigenvalue weighted by Gasteiger charge is -2.07. The molecular formula is C19H21NO2. The summed E-state index contributed by atoms with van der Waals surface area (Å²) in [4.78, 5) is 11.9. The van der Waals surface area contributed by atoms with Crippen LogP contribution in [-0.4, -0.2) is 12.5 Å². The number of carbonyl (C=O) groups excluding carboxylic acids is 1. The highest BCUT2D eigenvalue weighted by molar-refractivity contribution is 6.02. The summed E-state index contributed by atoms with van der Waals surface area (Å²) in [6, 6.07) is 17.2. The Bertz CT molecular complexity index is 620. The summed E-state index contributed by atoms with van der Waals surface area (Å²) in [5, 5.41) is 2.84. The van der Waals surface area contributed by atoms with Crippen molar-refractivity contribution in [1.29, 1.82) is 0 Å². The van der Waals surface area contributed by atoms with Crippen molar-refractivity contribution in [1.82, 2.24) is 0 Å². The average molecular weight is 295 g/mol. The third-order valence-corrected chi connectivity index (χ3v) is 3.09. The minimum Gasteiger partial charge on any atom is -0.494 e. The Morgan fingerprint density at radius 3 is 2.73 bits per heavy atom. The summed E-state index contributed by atoms with van der Waals surface area (Å²) < 4.78 is 5.63.